The number of benzene rings is 1. The maximum Gasteiger partial charge on any atom is 0.274 e. The van der Waals surface area contributed by atoms with Crippen LogP contribution < -0.4 is 15.6 Å². The molecule has 0 fully saturated rings. The summed E-state index contributed by atoms with van der Waals surface area (Å²) >= 11 is 0. The van der Waals surface area contributed by atoms with Gasteiger partial charge in [-0.3, -0.25) is 25.0 Å². The molecule has 1 amide bonds. The number of H-pyrrole nitrogens is 1. The second-order valence-electron chi connectivity index (χ2n) is 6.29. The Morgan fingerprint density at radius 3 is 2.66 bits per heavy atom. The van der Waals surface area contributed by atoms with Gasteiger partial charge in [-0.05, 0) is 30.2 Å². The van der Waals surface area contributed by atoms with E-state index in [1.165, 1.54) is 16.8 Å². The van der Waals surface area contributed by atoms with Crippen LogP contribution in [0.4, 0.5) is 5.95 Å². The summed E-state index contributed by atoms with van der Waals surface area (Å²) in [5.74, 6) is 0.670. The van der Waals surface area contributed by atoms with Gasteiger partial charge in [-0.2, -0.15) is 9.50 Å². The molecular formula is C20H18N6O3. The molecule has 0 atom stereocenters. The molecule has 1 aromatic carbocycles. The zero-order valence-corrected chi connectivity index (χ0v) is 15.8. The van der Waals surface area contributed by atoms with E-state index in [0.29, 0.717) is 17.7 Å². The normalized spacial score (nSPS) is 10.8. The lowest BCUT2D eigenvalue weighted by atomic mass is 10.1. The monoisotopic (exact) mass is 390 g/mol. The lowest BCUT2D eigenvalue weighted by Gasteiger charge is -2.06. The smallest absolute Gasteiger partial charge is 0.274 e. The summed E-state index contributed by atoms with van der Waals surface area (Å²) in [6.45, 7) is 1.90. The van der Waals surface area contributed by atoms with Crippen molar-refractivity contribution < 1.29 is 9.53 Å². The molecule has 0 aliphatic heterocycles. The lowest BCUT2D eigenvalue weighted by molar-refractivity contribution is 0.102. The molecule has 9 nitrogen and oxygen atoms in total. The van der Waals surface area contributed by atoms with Crippen molar-refractivity contribution >= 4 is 17.6 Å². The number of methoxy groups -OCH3 is 1. The van der Waals surface area contributed by atoms with Gasteiger partial charge >= 0.3 is 0 Å². The number of ether oxygens (including phenoxy) is 1. The molecule has 0 radical (unpaired) electrons. The molecule has 3 heterocycles. The number of hydrogen-bond donors (Lipinski definition) is 2. The number of pyridine rings is 1. The highest BCUT2D eigenvalue weighted by Crippen LogP contribution is 2.22. The summed E-state index contributed by atoms with van der Waals surface area (Å²) in [5.41, 5.74) is 2.39. The fourth-order valence-corrected chi connectivity index (χ4v) is 2.85. The number of rotatable bonds is 5. The van der Waals surface area contributed by atoms with E-state index in [1.54, 1.807) is 19.4 Å². The SMILES string of the molecule is CCc1cc(=O)n2[nH]c(NC(=O)c3cncc(-c4ccc(OC)cc4)c3)nc2n1. The van der Waals surface area contributed by atoms with Crippen LogP contribution >= 0.6 is 0 Å². The van der Waals surface area contributed by atoms with Gasteiger partial charge in [0.05, 0.1) is 12.7 Å². The van der Waals surface area contributed by atoms with Crippen LogP contribution in [-0.4, -0.2) is 37.6 Å². The second kappa shape index (κ2) is 7.55. The summed E-state index contributed by atoms with van der Waals surface area (Å²) < 4.78 is 6.34. The number of anilines is 1. The minimum atomic E-state index is -0.407. The van der Waals surface area contributed by atoms with Crippen LogP contribution in [0.3, 0.4) is 0 Å². The number of amides is 1. The van der Waals surface area contributed by atoms with E-state index in [9.17, 15) is 9.59 Å². The Bertz CT molecular complexity index is 1240. The van der Waals surface area contributed by atoms with Gasteiger partial charge in [0.15, 0.2) is 0 Å². The summed E-state index contributed by atoms with van der Waals surface area (Å²) in [4.78, 5) is 37.3. The van der Waals surface area contributed by atoms with Crippen molar-refractivity contribution in [2.75, 3.05) is 12.4 Å². The molecule has 0 spiro atoms. The van der Waals surface area contributed by atoms with Crippen LogP contribution in [0.25, 0.3) is 16.9 Å². The Morgan fingerprint density at radius 2 is 1.93 bits per heavy atom. The number of aromatic nitrogens is 5. The fourth-order valence-electron chi connectivity index (χ4n) is 2.85. The van der Waals surface area contributed by atoms with Crippen molar-refractivity contribution in [3.05, 3.63) is 70.4 Å². The van der Waals surface area contributed by atoms with Crippen molar-refractivity contribution in [3.8, 4) is 16.9 Å². The number of carbonyl (C=O) groups excluding carboxylic acids is 1. The van der Waals surface area contributed by atoms with Gasteiger partial charge in [0, 0.05) is 29.7 Å². The van der Waals surface area contributed by atoms with Crippen LogP contribution in [0.15, 0.2) is 53.6 Å². The quantitative estimate of drug-likeness (QED) is 0.540. The number of fused-ring (bicyclic) bond motifs is 1. The van der Waals surface area contributed by atoms with Gasteiger partial charge in [0.1, 0.15) is 5.75 Å². The van der Waals surface area contributed by atoms with Crippen LogP contribution in [0.5, 0.6) is 5.75 Å². The molecule has 146 valence electrons. The fraction of sp³-hybridized carbons (Fsp3) is 0.150. The van der Waals surface area contributed by atoms with E-state index in [4.69, 9.17) is 4.74 Å². The highest BCUT2D eigenvalue weighted by molar-refractivity contribution is 6.03. The van der Waals surface area contributed by atoms with Crippen molar-refractivity contribution in [3.63, 3.8) is 0 Å². The third-order valence-corrected chi connectivity index (χ3v) is 4.40. The highest BCUT2D eigenvalue weighted by atomic mass is 16.5. The minimum absolute atomic E-state index is 0.128. The first kappa shape index (κ1) is 18.4. The number of nitrogens with zero attached hydrogens (tertiary/aromatic N) is 4. The highest BCUT2D eigenvalue weighted by Gasteiger charge is 2.13. The standard InChI is InChI=1S/C20H18N6O3/c1-3-15-9-17(27)26-20(22-15)24-19(25-26)23-18(28)14-8-13(10-21-11-14)12-4-6-16(29-2)7-5-12/h4-11H,3H2,1-2H3,(H2,22,23,24,25,28). The predicted octanol–water partition coefficient (Wildman–Crippen LogP) is 2.30. The van der Waals surface area contributed by atoms with E-state index >= 15 is 0 Å². The van der Waals surface area contributed by atoms with Gasteiger partial charge in [0.25, 0.3) is 17.2 Å². The Balaban J connectivity index is 1.59. The summed E-state index contributed by atoms with van der Waals surface area (Å²) in [7, 11) is 1.60. The van der Waals surface area contributed by atoms with E-state index in [1.807, 2.05) is 31.2 Å². The van der Waals surface area contributed by atoms with Crippen molar-refractivity contribution in [2.24, 2.45) is 0 Å². The summed E-state index contributed by atoms with van der Waals surface area (Å²) in [6.07, 6.45) is 3.75. The molecule has 9 heteroatoms. The molecule has 4 aromatic rings. The van der Waals surface area contributed by atoms with Gasteiger partial charge in [-0.25, -0.2) is 4.98 Å². The number of nitrogens with one attached hydrogen (secondary N) is 2. The van der Waals surface area contributed by atoms with E-state index < -0.39 is 5.91 Å². The summed E-state index contributed by atoms with van der Waals surface area (Å²) in [5, 5.41) is 5.38. The molecule has 4 rings (SSSR count). The Hall–Kier alpha value is -4.01. The third-order valence-electron chi connectivity index (χ3n) is 4.40. The number of hydrogen-bond acceptors (Lipinski definition) is 6. The van der Waals surface area contributed by atoms with E-state index in [-0.39, 0.29) is 17.3 Å². The molecule has 0 saturated carbocycles. The van der Waals surface area contributed by atoms with Crippen molar-refractivity contribution in [2.45, 2.75) is 13.3 Å². The van der Waals surface area contributed by atoms with Crippen molar-refractivity contribution in [1.29, 1.82) is 0 Å². The van der Waals surface area contributed by atoms with E-state index in [2.05, 4.69) is 25.4 Å². The molecule has 29 heavy (non-hydrogen) atoms. The average molecular weight is 390 g/mol. The Morgan fingerprint density at radius 1 is 1.14 bits per heavy atom. The molecule has 0 bridgehead atoms. The van der Waals surface area contributed by atoms with Gasteiger partial charge in [0.2, 0.25) is 5.95 Å². The molecular weight excluding hydrogens is 372 g/mol. The molecule has 3 aromatic heterocycles. The first-order chi connectivity index (χ1) is 14.1. The minimum Gasteiger partial charge on any atom is -0.497 e. The van der Waals surface area contributed by atoms with Crippen LogP contribution in [0, 0.1) is 0 Å². The summed E-state index contributed by atoms with van der Waals surface area (Å²) in [6, 6.07) is 10.6. The number of aromatic amines is 1. The van der Waals surface area contributed by atoms with Gasteiger partial charge < -0.3 is 4.74 Å². The molecule has 2 N–H and O–H groups in total. The Kier molecular flexibility index (Phi) is 4.78. The topological polar surface area (TPSA) is 114 Å². The van der Waals surface area contributed by atoms with Gasteiger partial charge in [-0.1, -0.05) is 19.1 Å². The zero-order chi connectivity index (χ0) is 20.4. The molecule has 0 saturated heterocycles. The number of aryl methyl sites for hydroxylation is 1. The average Bonchev–Trinajstić information content (AvgIpc) is 3.16. The first-order valence-corrected chi connectivity index (χ1v) is 8.97. The molecule has 0 aliphatic rings. The first-order valence-electron chi connectivity index (χ1n) is 8.97. The van der Waals surface area contributed by atoms with E-state index in [0.717, 1.165) is 16.9 Å². The lowest BCUT2D eigenvalue weighted by Crippen LogP contribution is -2.16. The Labute approximate surface area is 165 Å². The van der Waals surface area contributed by atoms with Crippen LogP contribution in [-0.2, 0) is 6.42 Å². The maximum atomic E-state index is 12.6. The molecule has 0 aliphatic carbocycles. The molecule has 0 unspecified atom stereocenters. The van der Waals surface area contributed by atoms with Crippen LogP contribution in [0.1, 0.15) is 23.0 Å². The third kappa shape index (κ3) is 3.70. The maximum absolute atomic E-state index is 12.6. The largest absolute Gasteiger partial charge is 0.497 e. The number of carbonyl (C=O) groups is 1. The second-order valence-corrected chi connectivity index (χ2v) is 6.29. The predicted molar refractivity (Wildman–Crippen MR) is 107 cm³/mol. The van der Waals surface area contributed by atoms with Crippen molar-refractivity contribution in [1.82, 2.24) is 24.6 Å². The van der Waals surface area contributed by atoms with Crippen LogP contribution in [0.2, 0.25) is 0 Å². The van der Waals surface area contributed by atoms with Gasteiger partial charge in [-0.15, -0.1) is 0 Å². The zero-order valence-electron chi connectivity index (χ0n) is 15.8.